The number of ketones is 1. The number of para-hydroxylation sites is 1. The standard InChI is InChI=1S/C18H15N5O3S/c1-11-4-2-3-5-14(11)23-18(20-21-22-23)27-10-15(24)12-6-7-16-13(8-12)19-17(25)9-26-16/h2-8H,9-10H2,1H3,(H,19,25). The number of rotatable bonds is 5. The summed E-state index contributed by atoms with van der Waals surface area (Å²) >= 11 is 1.26. The zero-order chi connectivity index (χ0) is 18.8. The molecule has 1 N–H and O–H groups in total. The van der Waals surface area contributed by atoms with Crippen LogP contribution in [0.25, 0.3) is 5.69 Å². The number of nitrogens with one attached hydrogen (secondary N) is 1. The Morgan fingerprint density at radius 2 is 2.15 bits per heavy atom. The van der Waals surface area contributed by atoms with Gasteiger partial charge in [-0.15, -0.1) is 5.10 Å². The molecule has 1 amide bonds. The molecule has 0 saturated carbocycles. The van der Waals surface area contributed by atoms with Crippen molar-refractivity contribution in [1.82, 2.24) is 20.2 Å². The molecule has 3 aromatic rings. The molecule has 27 heavy (non-hydrogen) atoms. The number of carbonyl (C=O) groups is 2. The second-order valence-electron chi connectivity index (χ2n) is 5.92. The minimum atomic E-state index is -0.237. The number of carbonyl (C=O) groups excluding carboxylic acids is 2. The van der Waals surface area contributed by atoms with E-state index in [9.17, 15) is 9.59 Å². The molecule has 0 radical (unpaired) electrons. The summed E-state index contributed by atoms with van der Waals surface area (Å²) in [6.45, 7) is 1.96. The van der Waals surface area contributed by atoms with E-state index in [4.69, 9.17) is 4.74 Å². The fourth-order valence-electron chi connectivity index (χ4n) is 2.69. The third-order valence-corrected chi connectivity index (χ3v) is 4.97. The van der Waals surface area contributed by atoms with E-state index in [-0.39, 0.29) is 24.1 Å². The van der Waals surface area contributed by atoms with Crippen molar-refractivity contribution in [2.24, 2.45) is 0 Å². The van der Waals surface area contributed by atoms with Crippen LogP contribution in [0.4, 0.5) is 5.69 Å². The highest BCUT2D eigenvalue weighted by Gasteiger charge is 2.19. The topological polar surface area (TPSA) is 99.0 Å². The van der Waals surface area contributed by atoms with Crippen molar-refractivity contribution in [3.63, 3.8) is 0 Å². The van der Waals surface area contributed by atoms with Crippen LogP contribution in [0.15, 0.2) is 47.6 Å². The maximum Gasteiger partial charge on any atom is 0.262 e. The van der Waals surface area contributed by atoms with Gasteiger partial charge in [0.15, 0.2) is 12.4 Å². The SMILES string of the molecule is Cc1ccccc1-n1nnnc1SCC(=O)c1ccc2c(c1)NC(=O)CO2. The van der Waals surface area contributed by atoms with Crippen molar-refractivity contribution in [3.8, 4) is 11.4 Å². The highest BCUT2D eigenvalue weighted by molar-refractivity contribution is 7.99. The van der Waals surface area contributed by atoms with E-state index in [0.29, 0.717) is 22.2 Å². The fourth-order valence-corrected chi connectivity index (χ4v) is 3.47. The van der Waals surface area contributed by atoms with E-state index >= 15 is 0 Å². The predicted octanol–water partition coefficient (Wildman–Crippen LogP) is 2.28. The van der Waals surface area contributed by atoms with E-state index < -0.39 is 0 Å². The Morgan fingerprint density at radius 1 is 1.30 bits per heavy atom. The van der Waals surface area contributed by atoms with Crippen LogP contribution in [0.3, 0.4) is 0 Å². The van der Waals surface area contributed by atoms with Gasteiger partial charge in [0.1, 0.15) is 5.75 Å². The van der Waals surface area contributed by atoms with Crippen molar-refractivity contribution < 1.29 is 14.3 Å². The van der Waals surface area contributed by atoms with Crippen LogP contribution in [-0.4, -0.2) is 44.3 Å². The lowest BCUT2D eigenvalue weighted by Gasteiger charge is -2.18. The van der Waals surface area contributed by atoms with Crippen LogP contribution in [0.5, 0.6) is 5.75 Å². The minimum absolute atomic E-state index is 0.0162. The molecular formula is C18H15N5O3S. The number of ether oxygens (including phenoxy) is 1. The predicted molar refractivity (Wildman–Crippen MR) is 99.5 cm³/mol. The summed E-state index contributed by atoms with van der Waals surface area (Å²) in [6.07, 6.45) is 0. The summed E-state index contributed by atoms with van der Waals surface area (Å²) in [5.41, 5.74) is 2.89. The number of tetrazole rings is 1. The number of nitrogens with zero attached hydrogens (tertiary/aromatic N) is 4. The molecular weight excluding hydrogens is 366 g/mol. The van der Waals surface area contributed by atoms with Crippen LogP contribution in [0, 0.1) is 6.92 Å². The molecule has 1 aliphatic heterocycles. The van der Waals surface area contributed by atoms with Gasteiger partial charge in [0.25, 0.3) is 5.91 Å². The summed E-state index contributed by atoms with van der Waals surface area (Å²) in [4.78, 5) is 24.0. The van der Waals surface area contributed by atoms with Crippen LogP contribution < -0.4 is 10.1 Å². The maximum absolute atomic E-state index is 12.6. The molecule has 8 nitrogen and oxygen atoms in total. The van der Waals surface area contributed by atoms with Gasteiger partial charge in [-0.25, -0.2) is 0 Å². The lowest BCUT2D eigenvalue weighted by Crippen LogP contribution is -2.25. The first-order valence-corrected chi connectivity index (χ1v) is 9.17. The number of benzene rings is 2. The summed E-state index contributed by atoms with van der Waals surface area (Å²) < 4.78 is 6.93. The van der Waals surface area contributed by atoms with Gasteiger partial charge in [0.2, 0.25) is 5.16 Å². The molecule has 0 spiro atoms. The van der Waals surface area contributed by atoms with Crippen LogP contribution >= 0.6 is 11.8 Å². The number of anilines is 1. The number of hydrogen-bond acceptors (Lipinski definition) is 7. The van der Waals surface area contributed by atoms with Crippen LogP contribution in [0.1, 0.15) is 15.9 Å². The Kier molecular flexibility index (Phi) is 4.59. The Labute approximate surface area is 158 Å². The highest BCUT2D eigenvalue weighted by Crippen LogP contribution is 2.29. The third-order valence-electron chi connectivity index (χ3n) is 4.05. The molecule has 2 heterocycles. The van der Waals surface area contributed by atoms with Crippen molar-refractivity contribution in [3.05, 3.63) is 53.6 Å². The summed E-state index contributed by atoms with van der Waals surface area (Å²) in [6, 6.07) is 12.7. The molecule has 2 aromatic carbocycles. The third kappa shape index (κ3) is 3.54. The second-order valence-corrected chi connectivity index (χ2v) is 6.86. The van der Waals surface area contributed by atoms with E-state index in [2.05, 4.69) is 20.8 Å². The van der Waals surface area contributed by atoms with E-state index in [0.717, 1.165) is 11.3 Å². The van der Waals surface area contributed by atoms with Gasteiger partial charge in [-0.05, 0) is 47.2 Å². The first-order chi connectivity index (χ1) is 13.1. The van der Waals surface area contributed by atoms with Crippen molar-refractivity contribution in [1.29, 1.82) is 0 Å². The smallest absolute Gasteiger partial charge is 0.262 e. The number of aryl methyl sites for hydroxylation is 1. The van der Waals surface area contributed by atoms with Gasteiger partial charge in [0.05, 0.1) is 17.1 Å². The van der Waals surface area contributed by atoms with Crippen LogP contribution in [-0.2, 0) is 4.79 Å². The first kappa shape index (κ1) is 17.2. The maximum atomic E-state index is 12.6. The lowest BCUT2D eigenvalue weighted by atomic mass is 10.1. The van der Waals surface area contributed by atoms with Gasteiger partial charge < -0.3 is 10.1 Å². The molecule has 9 heteroatoms. The first-order valence-electron chi connectivity index (χ1n) is 8.19. The zero-order valence-corrected chi connectivity index (χ0v) is 15.2. The molecule has 1 aromatic heterocycles. The minimum Gasteiger partial charge on any atom is -0.482 e. The zero-order valence-electron chi connectivity index (χ0n) is 14.4. The lowest BCUT2D eigenvalue weighted by molar-refractivity contribution is -0.118. The molecule has 0 aliphatic carbocycles. The molecule has 136 valence electrons. The summed E-state index contributed by atoms with van der Waals surface area (Å²) in [5, 5.41) is 15.0. The van der Waals surface area contributed by atoms with Gasteiger partial charge in [0, 0.05) is 5.56 Å². The number of fused-ring (bicyclic) bond motifs is 1. The number of hydrogen-bond donors (Lipinski definition) is 1. The van der Waals surface area contributed by atoms with E-state index in [1.165, 1.54) is 11.8 Å². The molecule has 4 rings (SSSR count). The Balaban J connectivity index is 1.50. The molecule has 0 saturated heterocycles. The summed E-state index contributed by atoms with van der Waals surface area (Å²) in [5.74, 6) is 0.392. The van der Waals surface area contributed by atoms with Crippen molar-refractivity contribution in [2.45, 2.75) is 12.1 Å². The van der Waals surface area contributed by atoms with Gasteiger partial charge in [-0.3, -0.25) is 9.59 Å². The average Bonchev–Trinajstić information content (AvgIpc) is 3.14. The molecule has 0 atom stereocenters. The van der Waals surface area contributed by atoms with Crippen molar-refractivity contribution >= 4 is 29.1 Å². The Bertz CT molecular complexity index is 1030. The summed E-state index contributed by atoms with van der Waals surface area (Å²) in [7, 11) is 0. The van der Waals surface area contributed by atoms with E-state index in [1.54, 1.807) is 22.9 Å². The monoisotopic (exact) mass is 381 g/mol. The number of thioether (sulfide) groups is 1. The molecule has 0 fully saturated rings. The Hall–Kier alpha value is -3.20. The molecule has 1 aliphatic rings. The Morgan fingerprint density at radius 3 is 3.00 bits per heavy atom. The second kappa shape index (κ2) is 7.20. The van der Waals surface area contributed by atoms with Gasteiger partial charge >= 0.3 is 0 Å². The van der Waals surface area contributed by atoms with Crippen LogP contribution in [0.2, 0.25) is 0 Å². The highest BCUT2D eigenvalue weighted by atomic mass is 32.2. The quantitative estimate of drug-likeness (QED) is 0.535. The number of amides is 1. The normalized spacial score (nSPS) is 12.9. The average molecular weight is 381 g/mol. The molecule has 0 bridgehead atoms. The fraction of sp³-hybridized carbons (Fsp3) is 0.167. The van der Waals surface area contributed by atoms with Crippen molar-refractivity contribution in [2.75, 3.05) is 17.7 Å². The van der Waals surface area contributed by atoms with Gasteiger partial charge in [-0.2, -0.15) is 4.68 Å². The van der Waals surface area contributed by atoms with Gasteiger partial charge in [-0.1, -0.05) is 30.0 Å². The molecule has 0 unspecified atom stereocenters. The van der Waals surface area contributed by atoms with E-state index in [1.807, 2.05) is 31.2 Å². The number of aromatic nitrogens is 4. The largest absolute Gasteiger partial charge is 0.482 e. The number of Topliss-reactive ketones (excluding diaryl/α,β-unsaturated/α-hetero) is 1.